The molecule has 19 heavy (non-hydrogen) atoms. The van der Waals surface area contributed by atoms with Crippen LogP contribution in [0.1, 0.15) is 25.5 Å². The first-order valence-corrected chi connectivity index (χ1v) is 7.45. The number of rotatable bonds is 4. The van der Waals surface area contributed by atoms with Gasteiger partial charge in [-0.15, -0.1) is 0 Å². The van der Waals surface area contributed by atoms with Gasteiger partial charge in [-0.2, -0.15) is 0 Å². The van der Waals surface area contributed by atoms with E-state index in [0.29, 0.717) is 12.1 Å². The van der Waals surface area contributed by atoms with Crippen LogP contribution in [-0.4, -0.2) is 32.9 Å². The molecule has 1 aromatic carbocycles. The molecule has 0 aromatic heterocycles. The third kappa shape index (κ3) is 3.93. The Morgan fingerprint density at radius 3 is 2.63 bits per heavy atom. The summed E-state index contributed by atoms with van der Waals surface area (Å²) >= 11 is 0. The summed E-state index contributed by atoms with van der Waals surface area (Å²) in [4.78, 5) is 13.3. The van der Waals surface area contributed by atoms with Crippen LogP contribution in [0.2, 0.25) is 0 Å². The number of carbonyl (C=O) groups excluding carboxylic acids is 1. The van der Waals surface area contributed by atoms with E-state index in [-0.39, 0.29) is 17.0 Å². The van der Waals surface area contributed by atoms with E-state index in [1.54, 1.807) is 19.2 Å². The van der Waals surface area contributed by atoms with Crippen LogP contribution < -0.4 is 10.5 Å². The summed E-state index contributed by atoms with van der Waals surface area (Å²) in [5.41, 5.74) is 0.709. The molecule has 0 bridgehead atoms. The zero-order valence-electron chi connectivity index (χ0n) is 11.3. The zero-order chi connectivity index (χ0) is 14.6. The largest absolute Gasteiger partial charge is 0.338 e. The van der Waals surface area contributed by atoms with Crippen molar-refractivity contribution in [3.8, 4) is 0 Å². The highest BCUT2D eigenvalue weighted by molar-refractivity contribution is 7.89. The fourth-order valence-electron chi connectivity index (χ4n) is 1.63. The van der Waals surface area contributed by atoms with Gasteiger partial charge < -0.3 is 10.2 Å². The number of urea groups is 1. The molecular weight excluding hydrogens is 266 g/mol. The Labute approximate surface area is 113 Å². The second-order valence-corrected chi connectivity index (χ2v) is 5.80. The number of hydrogen-bond acceptors (Lipinski definition) is 3. The predicted octanol–water partition coefficient (Wildman–Crippen LogP) is 1.06. The quantitative estimate of drug-likeness (QED) is 0.866. The number of carbonyl (C=O) groups is 1. The molecule has 0 spiro atoms. The van der Waals surface area contributed by atoms with Gasteiger partial charge in [0.25, 0.3) is 0 Å². The fourth-order valence-corrected chi connectivity index (χ4v) is 2.20. The zero-order valence-corrected chi connectivity index (χ0v) is 12.1. The average Bonchev–Trinajstić information content (AvgIpc) is 2.36. The highest BCUT2D eigenvalue weighted by Crippen LogP contribution is 2.21. The standard InChI is InChI=1S/C12H19N3O3S/c1-4-14-12(16)15(3)9(2)10-6-5-7-11(8-10)19(13,17)18/h5-9H,4H2,1-3H3,(H,14,16)(H2,13,17,18)/t9-/m1/s1. The van der Waals surface area contributed by atoms with Crippen molar-refractivity contribution in [1.82, 2.24) is 10.2 Å². The minimum Gasteiger partial charge on any atom is -0.338 e. The second kappa shape index (κ2) is 6.03. The molecule has 0 saturated carbocycles. The SMILES string of the molecule is CCNC(=O)N(C)[C@H](C)c1cccc(S(N)(=O)=O)c1. The third-order valence-corrected chi connectivity index (χ3v) is 3.81. The Bertz CT molecular complexity index is 557. The Hall–Kier alpha value is -1.60. The van der Waals surface area contributed by atoms with Gasteiger partial charge in [-0.1, -0.05) is 12.1 Å². The second-order valence-electron chi connectivity index (χ2n) is 4.24. The minimum atomic E-state index is -3.73. The smallest absolute Gasteiger partial charge is 0.317 e. The molecule has 6 nitrogen and oxygen atoms in total. The van der Waals surface area contributed by atoms with Gasteiger partial charge in [0.15, 0.2) is 0 Å². The lowest BCUT2D eigenvalue weighted by Gasteiger charge is -2.25. The summed E-state index contributed by atoms with van der Waals surface area (Å²) in [6.07, 6.45) is 0. The van der Waals surface area contributed by atoms with E-state index in [4.69, 9.17) is 5.14 Å². The lowest BCUT2D eigenvalue weighted by Crippen LogP contribution is -2.38. The molecule has 2 amide bonds. The minimum absolute atomic E-state index is 0.0427. The van der Waals surface area contributed by atoms with Crippen molar-refractivity contribution >= 4 is 16.1 Å². The average molecular weight is 285 g/mol. The van der Waals surface area contributed by atoms with Crippen LogP contribution in [0.15, 0.2) is 29.2 Å². The van der Waals surface area contributed by atoms with Crippen LogP contribution in [0.5, 0.6) is 0 Å². The maximum atomic E-state index is 11.7. The lowest BCUT2D eigenvalue weighted by molar-refractivity contribution is 0.195. The maximum Gasteiger partial charge on any atom is 0.317 e. The number of primary sulfonamides is 1. The number of amides is 2. The van der Waals surface area contributed by atoms with Crippen LogP contribution in [0.25, 0.3) is 0 Å². The van der Waals surface area contributed by atoms with Crippen LogP contribution in [0.4, 0.5) is 4.79 Å². The van der Waals surface area contributed by atoms with Crippen molar-refractivity contribution in [2.24, 2.45) is 5.14 Å². The molecule has 3 N–H and O–H groups in total. The summed E-state index contributed by atoms with van der Waals surface area (Å²) in [6.45, 7) is 4.18. The summed E-state index contributed by atoms with van der Waals surface area (Å²) in [5.74, 6) is 0. The van der Waals surface area contributed by atoms with Crippen LogP contribution in [0, 0.1) is 0 Å². The number of benzene rings is 1. The maximum absolute atomic E-state index is 11.7. The first-order valence-electron chi connectivity index (χ1n) is 5.90. The van der Waals surface area contributed by atoms with Crippen LogP contribution >= 0.6 is 0 Å². The van der Waals surface area contributed by atoms with Crippen LogP contribution in [-0.2, 0) is 10.0 Å². The molecule has 106 valence electrons. The van der Waals surface area contributed by atoms with Gasteiger partial charge in [0.2, 0.25) is 10.0 Å². The molecule has 0 aliphatic heterocycles. The van der Waals surface area contributed by atoms with Crippen molar-refractivity contribution < 1.29 is 13.2 Å². The van der Waals surface area contributed by atoms with Gasteiger partial charge in [-0.25, -0.2) is 18.4 Å². The van der Waals surface area contributed by atoms with Crippen molar-refractivity contribution in [3.63, 3.8) is 0 Å². The molecule has 1 aromatic rings. The molecule has 0 aliphatic carbocycles. The number of nitrogens with two attached hydrogens (primary N) is 1. The highest BCUT2D eigenvalue weighted by atomic mass is 32.2. The normalized spacial score (nSPS) is 12.8. The van der Waals surface area contributed by atoms with Crippen molar-refractivity contribution in [1.29, 1.82) is 0 Å². The summed E-state index contributed by atoms with van der Waals surface area (Å²) < 4.78 is 22.6. The van der Waals surface area contributed by atoms with Crippen molar-refractivity contribution in [3.05, 3.63) is 29.8 Å². The van der Waals surface area contributed by atoms with Gasteiger partial charge in [0, 0.05) is 13.6 Å². The monoisotopic (exact) mass is 285 g/mol. The van der Waals surface area contributed by atoms with Crippen molar-refractivity contribution in [2.75, 3.05) is 13.6 Å². The lowest BCUT2D eigenvalue weighted by atomic mass is 10.1. The Kier molecular flexibility index (Phi) is 4.90. The topological polar surface area (TPSA) is 92.5 Å². The Morgan fingerprint density at radius 2 is 2.11 bits per heavy atom. The number of nitrogens with zero attached hydrogens (tertiary/aromatic N) is 1. The molecule has 0 radical (unpaired) electrons. The molecule has 0 aliphatic rings. The van der Waals surface area contributed by atoms with E-state index in [1.165, 1.54) is 17.0 Å². The third-order valence-electron chi connectivity index (χ3n) is 2.90. The Morgan fingerprint density at radius 1 is 1.47 bits per heavy atom. The van der Waals surface area contributed by atoms with E-state index < -0.39 is 10.0 Å². The summed E-state index contributed by atoms with van der Waals surface area (Å²) in [6, 6.07) is 5.81. The van der Waals surface area contributed by atoms with Crippen molar-refractivity contribution in [2.45, 2.75) is 24.8 Å². The number of sulfonamides is 1. The van der Waals surface area contributed by atoms with Gasteiger partial charge in [-0.05, 0) is 31.5 Å². The fraction of sp³-hybridized carbons (Fsp3) is 0.417. The van der Waals surface area contributed by atoms with E-state index >= 15 is 0 Å². The van der Waals surface area contributed by atoms with E-state index in [9.17, 15) is 13.2 Å². The summed E-state index contributed by atoms with van der Waals surface area (Å²) in [7, 11) is -2.08. The van der Waals surface area contributed by atoms with Gasteiger partial charge in [-0.3, -0.25) is 0 Å². The van der Waals surface area contributed by atoms with Gasteiger partial charge in [0.1, 0.15) is 0 Å². The molecule has 0 heterocycles. The van der Waals surface area contributed by atoms with E-state index in [0.717, 1.165) is 0 Å². The number of hydrogen-bond donors (Lipinski definition) is 2. The molecule has 0 unspecified atom stereocenters. The Balaban J connectivity index is 3.00. The van der Waals surface area contributed by atoms with Gasteiger partial charge in [0.05, 0.1) is 10.9 Å². The molecule has 7 heteroatoms. The summed E-state index contributed by atoms with van der Waals surface area (Å²) in [5, 5.41) is 7.77. The molecule has 0 fully saturated rings. The van der Waals surface area contributed by atoms with E-state index in [1.807, 2.05) is 13.8 Å². The first kappa shape index (κ1) is 15.5. The highest BCUT2D eigenvalue weighted by Gasteiger charge is 2.18. The number of nitrogens with one attached hydrogen (secondary N) is 1. The van der Waals surface area contributed by atoms with Crippen LogP contribution in [0.3, 0.4) is 0 Å². The predicted molar refractivity (Wildman–Crippen MR) is 73.1 cm³/mol. The van der Waals surface area contributed by atoms with E-state index in [2.05, 4.69) is 5.32 Å². The molecule has 0 saturated heterocycles. The van der Waals surface area contributed by atoms with Gasteiger partial charge >= 0.3 is 6.03 Å². The molecule has 1 atom stereocenters. The first-order chi connectivity index (χ1) is 8.77. The molecule has 1 rings (SSSR count). The molecular formula is C12H19N3O3S.